The van der Waals surface area contributed by atoms with Gasteiger partial charge in [0.25, 0.3) is 0 Å². The van der Waals surface area contributed by atoms with E-state index in [1.54, 1.807) is 6.92 Å². The van der Waals surface area contributed by atoms with Gasteiger partial charge in [0.15, 0.2) is 0 Å². The fourth-order valence-electron chi connectivity index (χ4n) is 1.52. The van der Waals surface area contributed by atoms with Gasteiger partial charge in [0, 0.05) is 24.3 Å². The van der Waals surface area contributed by atoms with E-state index >= 15 is 0 Å². The van der Waals surface area contributed by atoms with Crippen LogP contribution in [0.25, 0.3) is 0 Å². The number of hydrogen-bond donors (Lipinski definition) is 0. The average molecular weight is 187 g/mol. The summed E-state index contributed by atoms with van der Waals surface area (Å²) in [6, 6.07) is 0. The van der Waals surface area contributed by atoms with Crippen molar-refractivity contribution in [1.82, 2.24) is 0 Å². The third-order valence-electron chi connectivity index (χ3n) is 2.36. The molecule has 3 heteroatoms. The molecule has 1 aliphatic rings. The first-order valence-electron chi connectivity index (χ1n) is 3.86. The fraction of sp³-hybridized carbons (Fsp3) is 0.556. The fourth-order valence-corrected chi connectivity index (χ4v) is 1.78. The van der Waals surface area contributed by atoms with Gasteiger partial charge in [0.05, 0.1) is 5.41 Å². The molecule has 1 saturated carbocycles. The summed E-state index contributed by atoms with van der Waals surface area (Å²) in [7, 11) is 0. The monoisotopic (exact) mass is 186 g/mol. The minimum absolute atomic E-state index is 0.00528. The van der Waals surface area contributed by atoms with Crippen LogP contribution in [0.2, 0.25) is 0 Å². The average Bonchev–Trinajstić information content (AvgIpc) is 2.16. The molecule has 1 rings (SSSR count). The number of carbonyl (C=O) groups excluding carboxylic acids is 2. The number of carbonyl (C=O) groups is 2. The van der Waals surface area contributed by atoms with Crippen LogP contribution in [0.5, 0.6) is 0 Å². The van der Waals surface area contributed by atoms with Gasteiger partial charge in [-0.15, -0.1) is 0 Å². The second-order valence-corrected chi connectivity index (χ2v) is 3.91. The molecule has 0 spiro atoms. The van der Waals surface area contributed by atoms with Gasteiger partial charge in [0.2, 0.25) is 0 Å². The molecule has 0 N–H and O–H groups in total. The molecule has 1 aliphatic carbocycles. The molecule has 2 nitrogen and oxygen atoms in total. The van der Waals surface area contributed by atoms with Crippen LogP contribution in [0.3, 0.4) is 0 Å². The number of halogens is 1. The second-order valence-electron chi connectivity index (χ2n) is 3.37. The van der Waals surface area contributed by atoms with Gasteiger partial charge >= 0.3 is 0 Å². The quantitative estimate of drug-likeness (QED) is 0.619. The Labute approximate surface area is 76.6 Å². The highest BCUT2D eigenvalue weighted by molar-refractivity contribution is 6.30. The van der Waals surface area contributed by atoms with Crippen molar-refractivity contribution in [2.75, 3.05) is 0 Å². The SMILES string of the molecule is C=C(Cl)CC1(C)C(=O)CCC1=O. The Hall–Kier alpha value is -0.630. The highest BCUT2D eigenvalue weighted by Crippen LogP contribution is 2.37. The molecule has 12 heavy (non-hydrogen) atoms. The van der Waals surface area contributed by atoms with E-state index in [0.29, 0.717) is 17.9 Å². The van der Waals surface area contributed by atoms with E-state index in [1.807, 2.05) is 0 Å². The molecule has 0 amide bonds. The van der Waals surface area contributed by atoms with Gasteiger partial charge in [-0.3, -0.25) is 9.59 Å². The standard InChI is InChI=1S/C9H11ClO2/c1-6(10)5-9(2)7(11)3-4-8(9)12/h1,3-5H2,2H3. The maximum absolute atomic E-state index is 11.3. The molecule has 0 atom stereocenters. The van der Waals surface area contributed by atoms with Crippen LogP contribution >= 0.6 is 11.6 Å². The van der Waals surface area contributed by atoms with Crippen molar-refractivity contribution in [3.63, 3.8) is 0 Å². The predicted octanol–water partition coefficient (Wildman–Crippen LogP) is 2.07. The lowest BCUT2D eigenvalue weighted by molar-refractivity contribution is -0.133. The summed E-state index contributed by atoms with van der Waals surface area (Å²) in [5, 5.41) is 0.376. The molecule has 1 fully saturated rings. The van der Waals surface area contributed by atoms with Crippen LogP contribution in [0.1, 0.15) is 26.2 Å². The Kier molecular flexibility index (Phi) is 2.38. The number of rotatable bonds is 2. The summed E-state index contributed by atoms with van der Waals surface area (Å²) >= 11 is 5.58. The highest BCUT2D eigenvalue weighted by Gasteiger charge is 2.44. The molecule has 0 unspecified atom stereocenters. The highest BCUT2D eigenvalue weighted by atomic mass is 35.5. The largest absolute Gasteiger partial charge is 0.299 e. The molecule has 0 radical (unpaired) electrons. The number of ketones is 2. The first kappa shape index (κ1) is 9.46. The molecule has 0 aromatic rings. The van der Waals surface area contributed by atoms with Crippen LogP contribution in [-0.4, -0.2) is 11.6 Å². The van der Waals surface area contributed by atoms with Gasteiger partial charge in [0.1, 0.15) is 11.6 Å². The Morgan fingerprint density at radius 3 is 2.25 bits per heavy atom. The van der Waals surface area contributed by atoms with E-state index in [9.17, 15) is 9.59 Å². The molecule has 66 valence electrons. The van der Waals surface area contributed by atoms with E-state index in [2.05, 4.69) is 6.58 Å². The van der Waals surface area contributed by atoms with Gasteiger partial charge in [-0.1, -0.05) is 18.2 Å². The summed E-state index contributed by atoms with van der Waals surface area (Å²) in [4.78, 5) is 22.6. The minimum Gasteiger partial charge on any atom is -0.299 e. The van der Waals surface area contributed by atoms with E-state index in [4.69, 9.17) is 11.6 Å². The number of Topliss-reactive ketones (excluding diaryl/α,β-unsaturated/α-hetero) is 2. The molecule has 0 aromatic carbocycles. The maximum Gasteiger partial charge on any atom is 0.146 e. The molecule has 0 aromatic heterocycles. The topological polar surface area (TPSA) is 34.1 Å². The second kappa shape index (κ2) is 3.02. The van der Waals surface area contributed by atoms with E-state index in [-0.39, 0.29) is 18.0 Å². The summed E-state index contributed by atoms with van der Waals surface area (Å²) in [5.74, 6) is -0.0106. The number of allylic oxidation sites excluding steroid dienone is 1. The first-order chi connectivity index (χ1) is 5.47. The van der Waals surface area contributed by atoms with E-state index in [0.717, 1.165) is 0 Å². The maximum atomic E-state index is 11.3. The third-order valence-corrected chi connectivity index (χ3v) is 2.49. The van der Waals surface area contributed by atoms with Crippen molar-refractivity contribution < 1.29 is 9.59 Å². The van der Waals surface area contributed by atoms with Crippen molar-refractivity contribution >= 4 is 23.2 Å². The van der Waals surface area contributed by atoms with Crippen LogP contribution in [0, 0.1) is 5.41 Å². The molecular formula is C9H11ClO2. The number of hydrogen-bond acceptors (Lipinski definition) is 2. The van der Waals surface area contributed by atoms with Gasteiger partial charge in [-0.05, 0) is 6.92 Å². The smallest absolute Gasteiger partial charge is 0.146 e. The van der Waals surface area contributed by atoms with Crippen LogP contribution in [0.15, 0.2) is 11.6 Å². The van der Waals surface area contributed by atoms with Gasteiger partial charge < -0.3 is 0 Å². The summed E-state index contributed by atoms with van der Waals surface area (Å²) in [5.41, 5.74) is -0.876. The Morgan fingerprint density at radius 2 is 1.92 bits per heavy atom. The summed E-state index contributed by atoms with van der Waals surface area (Å²) in [6.45, 7) is 5.14. The Balaban J connectivity index is 2.87. The zero-order valence-electron chi connectivity index (χ0n) is 7.02. The predicted molar refractivity (Wildman–Crippen MR) is 47.0 cm³/mol. The van der Waals surface area contributed by atoms with Crippen molar-refractivity contribution in [3.05, 3.63) is 11.6 Å². The lowest BCUT2D eigenvalue weighted by Crippen LogP contribution is -2.28. The Bertz CT molecular complexity index is 239. The Morgan fingerprint density at radius 1 is 1.50 bits per heavy atom. The zero-order chi connectivity index (χ0) is 9.35. The summed E-state index contributed by atoms with van der Waals surface area (Å²) in [6.07, 6.45) is 1.01. The molecular weight excluding hydrogens is 176 g/mol. The van der Waals surface area contributed by atoms with Gasteiger partial charge in [-0.25, -0.2) is 0 Å². The lowest BCUT2D eigenvalue weighted by Gasteiger charge is -2.18. The van der Waals surface area contributed by atoms with Gasteiger partial charge in [-0.2, -0.15) is 0 Å². The first-order valence-corrected chi connectivity index (χ1v) is 4.24. The summed E-state index contributed by atoms with van der Waals surface area (Å²) < 4.78 is 0. The van der Waals surface area contributed by atoms with Crippen LogP contribution < -0.4 is 0 Å². The molecule has 0 heterocycles. The molecule has 0 saturated heterocycles. The van der Waals surface area contributed by atoms with Crippen molar-refractivity contribution in [2.24, 2.45) is 5.41 Å². The third kappa shape index (κ3) is 1.44. The normalized spacial score (nSPS) is 21.5. The van der Waals surface area contributed by atoms with Crippen LogP contribution in [0.4, 0.5) is 0 Å². The molecule has 0 bridgehead atoms. The molecule has 0 aliphatic heterocycles. The van der Waals surface area contributed by atoms with Crippen molar-refractivity contribution in [3.8, 4) is 0 Å². The minimum atomic E-state index is -0.876. The zero-order valence-corrected chi connectivity index (χ0v) is 7.78. The van der Waals surface area contributed by atoms with E-state index < -0.39 is 5.41 Å². The lowest BCUT2D eigenvalue weighted by atomic mass is 9.83. The van der Waals surface area contributed by atoms with Crippen molar-refractivity contribution in [1.29, 1.82) is 0 Å². The van der Waals surface area contributed by atoms with E-state index in [1.165, 1.54) is 0 Å². The van der Waals surface area contributed by atoms with Crippen molar-refractivity contribution in [2.45, 2.75) is 26.2 Å². The van der Waals surface area contributed by atoms with Crippen LogP contribution in [-0.2, 0) is 9.59 Å².